The highest BCUT2D eigenvalue weighted by atomic mass is 127. The van der Waals surface area contributed by atoms with Crippen molar-refractivity contribution in [1.82, 2.24) is 15.5 Å². The van der Waals surface area contributed by atoms with Crippen molar-refractivity contribution < 1.29 is 0 Å². The maximum Gasteiger partial charge on any atom is 0.0727 e. The second-order valence-electron chi connectivity index (χ2n) is 3.56. The minimum absolute atomic E-state index is 1.13. The first-order valence-corrected chi connectivity index (χ1v) is 6.57. The fraction of sp³-hybridized carbons (Fsp3) is 0.636. The van der Waals surface area contributed by atoms with E-state index in [9.17, 15) is 0 Å². The van der Waals surface area contributed by atoms with Crippen LogP contribution in [-0.4, -0.2) is 37.6 Å². The molecule has 0 radical (unpaired) electrons. The SMILES string of the molecule is C/C=C(/I)N/C=C\CCN1CCNCC1. The third-order valence-electron chi connectivity index (χ3n) is 2.41. The van der Waals surface area contributed by atoms with E-state index in [-0.39, 0.29) is 0 Å². The Hall–Kier alpha value is -0.0700. The van der Waals surface area contributed by atoms with E-state index < -0.39 is 0 Å². The van der Waals surface area contributed by atoms with Gasteiger partial charge in [-0.3, -0.25) is 0 Å². The molecule has 86 valence electrons. The standard InChI is InChI=1S/C11H20IN3/c1-2-11(12)14-5-3-4-8-15-9-6-13-7-10-15/h2-3,5,13-14H,4,6-10H2,1H3/b5-3-,11-2-. The molecule has 0 saturated carbocycles. The normalized spacial score (nSPS) is 19.7. The van der Waals surface area contributed by atoms with Crippen LogP contribution in [0, 0.1) is 0 Å². The van der Waals surface area contributed by atoms with Gasteiger partial charge in [0.15, 0.2) is 0 Å². The molecule has 4 heteroatoms. The van der Waals surface area contributed by atoms with Crippen LogP contribution in [0.5, 0.6) is 0 Å². The quantitative estimate of drug-likeness (QED) is 0.596. The summed E-state index contributed by atoms with van der Waals surface area (Å²) in [4.78, 5) is 2.50. The summed E-state index contributed by atoms with van der Waals surface area (Å²) in [5, 5.41) is 6.56. The molecule has 0 spiro atoms. The van der Waals surface area contributed by atoms with Gasteiger partial charge in [0.05, 0.1) is 3.70 Å². The van der Waals surface area contributed by atoms with Gasteiger partial charge in [0.25, 0.3) is 0 Å². The minimum atomic E-state index is 1.13. The third kappa shape index (κ3) is 6.17. The number of nitrogens with zero attached hydrogens (tertiary/aromatic N) is 1. The average Bonchev–Trinajstić information content (AvgIpc) is 2.29. The van der Waals surface area contributed by atoms with Gasteiger partial charge in [-0.15, -0.1) is 0 Å². The molecule has 1 aliphatic heterocycles. The molecule has 1 aliphatic rings. The maximum absolute atomic E-state index is 3.36. The molecule has 0 unspecified atom stereocenters. The first-order valence-electron chi connectivity index (χ1n) is 5.49. The smallest absolute Gasteiger partial charge is 0.0727 e. The summed E-state index contributed by atoms with van der Waals surface area (Å²) in [6, 6.07) is 0. The summed E-state index contributed by atoms with van der Waals surface area (Å²) in [5.41, 5.74) is 0. The highest BCUT2D eigenvalue weighted by Crippen LogP contribution is 1.99. The zero-order valence-electron chi connectivity index (χ0n) is 9.30. The summed E-state index contributed by atoms with van der Waals surface area (Å²) < 4.78 is 1.17. The van der Waals surface area contributed by atoms with Gasteiger partial charge in [-0.05, 0) is 42.1 Å². The van der Waals surface area contributed by atoms with Crippen LogP contribution in [0.1, 0.15) is 13.3 Å². The summed E-state index contributed by atoms with van der Waals surface area (Å²) in [6.45, 7) is 7.85. The van der Waals surface area contributed by atoms with Gasteiger partial charge in [0, 0.05) is 32.7 Å². The summed E-state index contributed by atoms with van der Waals surface area (Å²) >= 11 is 2.28. The second-order valence-corrected chi connectivity index (χ2v) is 4.73. The van der Waals surface area contributed by atoms with Crippen LogP contribution in [0.15, 0.2) is 22.1 Å². The summed E-state index contributed by atoms with van der Waals surface area (Å²) in [7, 11) is 0. The third-order valence-corrected chi connectivity index (χ3v) is 3.35. The Morgan fingerprint density at radius 3 is 2.87 bits per heavy atom. The first kappa shape index (κ1) is 13.0. The van der Waals surface area contributed by atoms with Crippen molar-refractivity contribution in [2.24, 2.45) is 0 Å². The lowest BCUT2D eigenvalue weighted by Gasteiger charge is -2.26. The average molecular weight is 321 g/mol. The topological polar surface area (TPSA) is 27.3 Å². The molecule has 0 atom stereocenters. The molecule has 0 aromatic rings. The number of hydrogen-bond acceptors (Lipinski definition) is 3. The van der Waals surface area contributed by atoms with Gasteiger partial charge in [-0.2, -0.15) is 0 Å². The van der Waals surface area contributed by atoms with E-state index in [1.165, 1.54) is 23.3 Å². The molecule has 1 rings (SSSR count). The van der Waals surface area contributed by atoms with Crippen molar-refractivity contribution in [3.8, 4) is 0 Å². The molecular formula is C11H20IN3. The Morgan fingerprint density at radius 1 is 1.47 bits per heavy atom. The van der Waals surface area contributed by atoms with Gasteiger partial charge >= 0.3 is 0 Å². The number of rotatable bonds is 5. The van der Waals surface area contributed by atoms with Gasteiger partial charge in [-0.25, -0.2) is 0 Å². The lowest BCUT2D eigenvalue weighted by molar-refractivity contribution is 0.245. The number of halogens is 1. The molecule has 1 heterocycles. The van der Waals surface area contributed by atoms with Crippen molar-refractivity contribution in [3.63, 3.8) is 0 Å². The highest BCUT2D eigenvalue weighted by Gasteiger charge is 2.06. The molecule has 1 fully saturated rings. The minimum Gasteiger partial charge on any atom is -0.357 e. The van der Waals surface area contributed by atoms with Gasteiger partial charge in [-0.1, -0.05) is 12.2 Å². The predicted octanol–water partition coefficient (Wildman–Crippen LogP) is 1.68. The van der Waals surface area contributed by atoms with Gasteiger partial charge < -0.3 is 15.5 Å². The first-order chi connectivity index (χ1) is 7.33. The van der Waals surface area contributed by atoms with Crippen molar-refractivity contribution in [2.45, 2.75) is 13.3 Å². The van der Waals surface area contributed by atoms with E-state index in [1.54, 1.807) is 0 Å². The van der Waals surface area contributed by atoms with Crippen LogP contribution in [-0.2, 0) is 0 Å². The molecule has 0 aromatic carbocycles. The van der Waals surface area contributed by atoms with Crippen LogP contribution in [0.4, 0.5) is 0 Å². The van der Waals surface area contributed by atoms with Crippen molar-refractivity contribution in [3.05, 3.63) is 22.1 Å². The van der Waals surface area contributed by atoms with Crippen LogP contribution in [0.3, 0.4) is 0 Å². The molecule has 2 N–H and O–H groups in total. The van der Waals surface area contributed by atoms with Crippen LogP contribution < -0.4 is 10.6 Å². The zero-order valence-corrected chi connectivity index (χ0v) is 11.5. The molecule has 1 saturated heterocycles. The predicted molar refractivity (Wildman–Crippen MR) is 74.0 cm³/mol. The van der Waals surface area contributed by atoms with E-state index in [1.807, 2.05) is 13.1 Å². The largest absolute Gasteiger partial charge is 0.357 e. The molecule has 3 nitrogen and oxygen atoms in total. The van der Waals surface area contributed by atoms with Crippen molar-refractivity contribution in [2.75, 3.05) is 32.7 Å². The fourth-order valence-corrected chi connectivity index (χ4v) is 1.68. The van der Waals surface area contributed by atoms with Crippen molar-refractivity contribution in [1.29, 1.82) is 0 Å². The van der Waals surface area contributed by atoms with Gasteiger partial charge in [0.1, 0.15) is 0 Å². The van der Waals surface area contributed by atoms with Crippen LogP contribution in [0.25, 0.3) is 0 Å². The lowest BCUT2D eigenvalue weighted by atomic mass is 10.3. The molecule has 0 amide bonds. The molecule has 0 aliphatic carbocycles. The van der Waals surface area contributed by atoms with Gasteiger partial charge in [0.2, 0.25) is 0 Å². The van der Waals surface area contributed by atoms with E-state index in [2.05, 4.69) is 50.3 Å². The number of allylic oxidation sites excluding steroid dienone is 1. The van der Waals surface area contributed by atoms with Crippen molar-refractivity contribution >= 4 is 22.6 Å². The molecular weight excluding hydrogens is 301 g/mol. The monoisotopic (exact) mass is 321 g/mol. The fourth-order valence-electron chi connectivity index (χ4n) is 1.50. The zero-order chi connectivity index (χ0) is 10.9. The summed E-state index contributed by atoms with van der Waals surface area (Å²) in [6.07, 6.45) is 7.41. The maximum atomic E-state index is 3.36. The number of piperazine rings is 1. The lowest BCUT2D eigenvalue weighted by Crippen LogP contribution is -2.43. The Bertz CT molecular complexity index is 220. The van der Waals surface area contributed by atoms with E-state index in [0.717, 1.165) is 19.5 Å². The molecule has 0 bridgehead atoms. The van der Waals surface area contributed by atoms with E-state index in [0.29, 0.717) is 0 Å². The van der Waals surface area contributed by atoms with E-state index >= 15 is 0 Å². The molecule has 0 aromatic heterocycles. The van der Waals surface area contributed by atoms with Crippen LogP contribution in [0.2, 0.25) is 0 Å². The Morgan fingerprint density at radius 2 is 2.20 bits per heavy atom. The Balaban J connectivity index is 2.04. The Labute approximate surface area is 106 Å². The van der Waals surface area contributed by atoms with E-state index in [4.69, 9.17) is 0 Å². The van der Waals surface area contributed by atoms with Crippen LogP contribution >= 0.6 is 22.6 Å². The number of nitrogens with one attached hydrogen (secondary N) is 2. The Kier molecular flexibility index (Phi) is 7.04. The highest BCUT2D eigenvalue weighted by molar-refractivity contribution is 14.1. The number of hydrogen-bond donors (Lipinski definition) is 2. The summed E-state index contributed by atoms with van der Waals surface area (Å²) in [5.74, 6) is 0. The molecule has 15 heavy (non-hydrogen) atoms. The second kappa shape index (κ2) is 8.13.